The molecule has 4 rings (SSSR count). The minimum Gasteiger partial charge on any atom is -0.382 e. The summed E-state index contributed by atoms with van der Waals surface area (Å²) in [6, 6.07) is 17.6. The van der Waals surface area contributed by atoms with Crippen LogP contribution in [0.3, 0.4) is 0 Å². The molecule has 1 aliphatic heterocycles. The lowest BCUT2D eigenvalue weighted by molar-refractivity contribution is -0.385. The van der Waals surface area contributed by atoms with Gasteiger partial charge in [0.1, 0.15) is 17.5 Å². The molecule has 0 aliphatic carbocycles. The Bertz CT molecular complexity index is 1410. The number of amides is 1. The average Bonchev–Trinajstić information content (AvgIpc) is 2.89. The zero-order chi connectivity index (χ0) is 26.5. The van der Waals surface area contributed by atoms with Crippen LogP contribution in [-0.4, -0.2) is 43.6 Å². The highest BCUT2D eigenvalue weighted by Gasteiger charge is 2.31. The SMILES string of the molecule is O=C(Cc1ccccc1)N/N=C(\C1=Nc2ccc([N+](=O)[O-])cc2N[C@@H]1O)[C@H](O)c1ccc([N+](=O)[O-])cc1. The fourth-order valence-electron chi connectivity index (χ4n) is 3.59. The maximum Gasteiger partial charge on any atom is 0.271 e. The summed E-state index contributed by atoms with van der Waals surface area (Å²) in [6.45, 7) is 0. The number of hydrogen-bond acceptors (Lipinski definition) is 10. The summed E-state index contributed by atoms with van der Waals surface area (Å²) < 4.78 is 0. The quantitative estimate of drug-likeness (QED) is 0.204. The predicted octanol–water partition coefficient (Wildman–Crippen LogP) is 2.77. The van der Waals surface area contributed by atoms with Gasteiger partial charge in [0.2, 0.25) is 5.91 Å². The molecule has 13 heteroatoms. The van der Waals surface area contributed by atoms with Crippen LogP contribution in [-0.2, 0) is 11.2 Å². The Morgan fingerprint density at radius 3 is 2.32 bits per heavy atom. The molecule has 1 aliphatic rings. The van der Waals surface area contributed by atoms with Crippen molar-refractivity contribution in [3.63, 3.8) is 0 Å². The van der Waals surface area contributed by atoms with E-state index < -0.39 is 28.1 Å². The summed E-state index contributed by atoms with van der Waals surface area (Å²) in [6.07, 6.45) is -3.11. The zero-order valence-electron chi connectivity index (χ0n) is 19.0. The molecule has 0 bridgehead atoms. The van der Waals surface area contributed by atoms with Gasteiger partial charge in [-0.05, 0) is 29.3 Å². The number of hydrogen-bond donors (Lipinski definition) is 4. The van der Waals surface area contributed by atoms with Crippen molar-refractivity contribution in [1.82, 2.24) is 5.43 Å². The van der Waals surface area contributed by atoms with Crippen LogP contribution in [0.2, 0.25) is 0 Å². The van der Waals surface area contributed by atoms with Crippen LogP contribution in [0.25, 0.3) is 0 Å². The van der Waals surface area contributed by atoms with Crippen LogP contribution in [0.4, 0.5) is 22.7 Å². The Morgan fingerprint density at radius 1 is 1.03 bits per heavy atom. The number of nitrogens with zero attached hydrogens (tertiary/aromatic N) is 4. The molecule has 4 N–H and O–H groups in total. The Hall–Kier alpha value is -5.01. The zero-order valence-corrected chi connectivity index (χ0v) is 19.0. The molecule has 0 spiro atoms. The number of carbonyl (C=O) groups excluding carboxylic acids is 1. The molecule has 2 atom stereocenters. The number of non-ortho nitro benzene ring substituents is 2. The molecule has 0 fully saturated rings. The van der Waals surface area contributed by atoms with Gasteiger partial charge in [-0.2, -0.15) is 5.10 Å². The third kappa shape index (κ3) is 5.80. The van der Waals surface area contributed by atoms with Gasteiger partial charge in [-0.25, -0.2) is 10.4 Å². The smallest absolute Gasteiger partial charge is 0.271 e. The molecule has 0 unspecified atom stereocenters. The maximum absolute atomic E-state index is 12.5. The second-order valence-electron chi connectivity index (χ2n) is 7.95. The van der Waals surface area contributed by atoms with Gasteiger partial charge in [-0.1, -0.05) is 30.3 Å². The molecule has 0 saturated heterocycles. The van der Waals surface area contributed by atoms with Gasteiger partial charge in [0.05, 0.1) is 27.6 Å². The number of anilines is 1. The fourth-order valence-corrected chi connectivity index (χ4v) is 3.59. The number of rotatable bonds is 8. The van der Waals surface area contributed by atoms with Crippen molar-refractivity contribution in [3.8, 4) is 0 Å². The Labute approximate surface area is 209 Å². The van der Waals surface area contributed by atoms with Crippen molar-refractivity contribution in [2.75, 3.05) is 5.32 Å². The average molecular weight is 504 g/mol. The summed E-state index contributed by atoms with van der Waals surface area (Å²) in [5.74, 6) is -0.505. The number of fused-ring (bicyclic) bond motifs is 1. The highest BCUT2D eigenvalue weighted by molar-refractivity contribution is 6.46. The van der Waals surface area contributed by atoms with Crippen molar-refractivity contribution in [2.45, 2.75) is 18.8 Å². The van der Waals surface area contributed by atoms with Gasteiger partial charge in [-0.15, -0.1) is 0 Å². The van der Waals surface area contributed by atoms with Crippen LogP contribution >= 0.6 is 0 Å². The van der Waals surface area contributed by atoms with Crippen molar-refractivity contribution in [2.24, 2.45) is 10.1 Å². The lowest BCUT2D eigenvalue weighted by Crippen LogP contribution is -2.40. The lowest BCUT2D eigenvalue weighted by atomic mass is 9.99. The molecular weight excluding hydrogens is 484 g/mol. The van der Waals surface area contributed by atoms with Gasteiger partial charge in [0, 0.05) is 24.3 Å². The topological polar surface area (TPSA) is 193 Å². The van der Waals surface area contributed by atoms with Gasteiger partial charge in [0.15, 0.2) is 6.23 Å². The molecule has 1 heterocycles. The highest BCUT2D eigenvalue weighted by atomic mass is 16.6. The van der Waals surface area contributed by atoms with E-state index >= 15 is 0 Å². The number of carbonyl (C=O) groups is 1. The third-order valence-corrected chi connectivity index (χ3v) is 5.43. The number of nitro groups is 2. The van der Waals surface area contributed by atoms with Crippen LogP contribution in [0.1, 0.15) is 17.2 Å². The fraction of sp³-hybridized carbons (Fsp3) is 0.125. The summed E-state index contributed by atoms with van der Waals surface area (Å²) in [5, 5.41) is 50.6. The number of benzene rings is 3. The van der Waals surface area contributed by atoms with Crippen molar-refractivity contribution >= 4 is 40.1 Å². The molecule has 37 heavy (non-hydrogen) atoms. The number of nitrogens with one attached hydrogen (secondary N) is 2. The van der Waals surface area contributed by atoms with E-state index in [4.69, 9.17) is 0 Å². The molecule has 3 aromatic rings. The number of aliphatic imine (C=N–C) groups is 1. The largest absolute Gasteiger partial charge is 0.382 e. The van der Waals surface area contributed by atoms with E-state index in [-0.39, 0.29) is 46.2 Å². The standard InChI is InChI=1S/C24H20N6O7/c31-20(12-14-4-2-1-3-5-14)27-28-21(23(32)15-6-8-16(9-7-15)29(34)35)22-24(33)26-19-13-17(30(36)37)10-11-18(19)25-22/h1-11,13,23-24,26,32-33H,12H2,(H,27,31)/b28-21+/t23-,24-/m1/s1. The second-order valence-corrected chi connectivity index (χ2v) is 7.95. The van der Waals surface area contributed by atoms with Crippen molar-refractivity contribution < 1.29 is 24.9 Å². The Kier molecular flexibility index (Phi) is 7.27. The number of nitro benzene ring substituents is 2. The van der Waals surface area contributed by atoms with E-state index in [2.05, 4.69) is 20.8 Å². The number of aliphatic hydroxyl groups excluding tert-OH is 2. The first-order chi connectivity index (χ1) is 17.7. The van der Waals surface area contributed by atoms with Gasteiger partial charge in [-0.3, -0.25) is 25.0 Å². The van der Waals surface area contributed by atoms with Gasteiger partial charge >= 0.3 is 0 Å². The molecule has 3 aromatic carbocycles. The molecule has 0 aromatic heterocycles. The van der Waals surface area contributed by atoms with E-state index in [1.807, 2.05) is 0 Å². The first-order valence-corrected chi connectivity index (χ1v) is 10.9. The van der Waals surface area contributed by atoms with Crippen LogP contribution in [0, 0.1) is 20.2 Å². The van der Waals surface area contributed by atoms with Gasteiger partial charge in [0.25, 0.3) is 11.4 Å². The first kappa shape index (κ1) is 25.1. The van der Waals surface area contributed by atoms with Crippen LogP contribution < -0.4 is 10.7 Å². The van der Waals surface area contributed by atoms with E-state index in [0.717, 1.165) is 5.56 Å². The predicted molar refractivity (Wildman–Crippen MR) is 134 cm³/mol. The van der Waals surface area contributed by atoms with E-state index in [1.54, 1.807) is 30.3 Å². The second kappa shape index (κ2) is 10.7. The third-order valence-electron chi connectivity index (χ3n) is 5.43. The summed E-state index contributed by atoms with van der Waals surface area (Å²) in [4.78, 5) is 37.7. The maximum atomic E-state index is 12.5. The summed E-state index contributed by atoms with van der Waals surface area (Å²) in [5.41, 5.74) is 2.86. The van der Waals surface area contributed by atoms with Crippen LogP contribution in [0.5, 0.6) is 0 Å². The van der Waals surface area contributed by atoms with E-state index in [0.29, 0.717) is 0 Å². The molecule has 1 amide bonds. The van der Waals surface area contributed by atoms with E-state index in [1.165, 1.54) is 42.5 Å². The summed E-state index contributed by atoms with van der Waals surface area (Å²) in [7, 11) is 0. The first-order valence-electron chi connectivity index (χ1n) is 10.9. The molecule has 0 saturated carbocycles. The summed E-state index contributed by atoms with van der Waals surface area (Å²) >= 11 is 0. The molecule has 188 valence electrons. The number of hydrazone groups is 1. The minimum atomic E-state index is -1.55. The Balaban J connectivity index is 1.69. The van der Waals surface area contributed by atoms with Gasteiger partial charge < -0.3 is 15.5 Å². The molecular formula is C24H20N6O7. The number of aliphatic hydroxyl groups is 2. The monoisotopic (exact) mass is 504 g/mol. The van der Waals surface area contributed by atoms with E-state index in [9.17, 15) is 35.2 Å². The minimum absolute atomic E-state index is 0.00890. The van der Waals surface area contributed by atoms with Crippen molar-refractivity contribution in [3.05, 3.63) is 104 Å². The molecule has 0 radical (unpaired) electrons. The lowest BCUT2D eigenvalue weighted by Gasteiger charge is -2.25. The molecule has 13 nitrogen and oxygen atoms in total. The normalized spacial score (nSPS) is 15.6. The van der Waals surface area contributed by atoms with Crippen molar-refractivity contribution in [1.29, 1.82) is 0 Å². The van der Waals surface area contributed by atoms with Crippen LogP contribution in [0.15, 0.2) is 82.9 Å². The Morgan fingerprint density at radius 2 is 1.68 bits per heavy atom. The highest BCUT2D eigenvalue weighted by Crippen LogP contribution is 2.34.